The molecule has 0 bridgehead atoms. The Hall–Kier alpha value is -8.20. The van der Waals surface area contributed by atoms with Gasteiger partial charge in [-0.05, 0) is 105 Å². The lowest BCUT2D eigenvalue weighted by Crippen LogP contribution is -2.28. The van der Waals surface area contributed by atoms with Gasteiger partial charge in [0.05, 0.1) is 22.1 Å². The molecule has 0 N–H and O–H groups in total. The summed E-state index contributed by atoms with van der Waals surface area (Å²) in [4.78, 5) is 2.49. The van der Waals surface area contributed by atoms with Gasteiger partial charge in [-0.15, -0.1) is 0 Å². The van der Waals surface area contributed by atoms with E-state index < -0.39 is 5.41 Å². The Morgan fingerprint density at radius 3 is 1.52 bits per heavy atom. The first-order valence-electron chi connectivity index (χ1n) is 21.8. The van der Waals surface area contributed by atoms with Crippen molar-refractivity contribution in [1.29, 1.82) is 0 Å². The van der Waals surface area contributed by atoms with Gasteiger partial charge in [0, 0.05) is 33.4 Å². The average molecular weight is 803 g/mol. The predicted octanol–water partition coefficient (Wildman–Crippen LogP) is 16.0. The molecule has 0 amide bonds. The van der Waals surface area contributed by atoms with Crippen molar-refractivity contribution in [3.63, 3.8) is 0 Å². The number of hydrogen-bond donors (Lipinski definition) is 0. The van der Waals surface area contributed by atoms with Crippen molar-refractivity contribution in [2.24, 2.45) is 0 Å². The summed E-state index contributed by atoms with van der Waals surface area (Å²) < 4.78 is 2.42. The minimum absolute atomic E-state index is 0.535. The summed E-state index contributed by atoms with van der Waals surface area (Å²) in [6.07, 6.45) is 0. The first-order valence-corrected chi connectivity index (χ1v) is 21.8. The second-order valence-corrected chi connectivity index (χ2v) is 16.4. The molecule has 0 unspecified atom stereocenters. The van der Waals surface area contributed by atoms with Crippen LogP contribution in [0.2, 0.25) is 0 Å². The molecule has 296 valence electrons. The van der Waals surface area contributed by atoms with Crippen molar-refractivity contribution < 1.29 is 0 Å². The zero-order valence-corrected chi connectivity index (χ0v) is 34.6. The van der Waals surface area contributed by atoms with Gasteiger partial charge in [-0.1, -0.05) is 200 Å². The quantitative estimate of drug-likeness (QED) is 0.149. The Kier molecular flexibility index (Phi) is 8.76. The van der Waals surface area contributed by atoms with Crippen molar-refractivity contribution >= 4 is 38.9 Å². The van der Waals surface area contributed by atoms with Crippen LogP contribution >= 0.6 is 0 Å². The topological polar surface area (TPSA) is 8.17 Å². The molecule has 63 heavy (non-hydrogen) atoms. The smallest absolute Gasteiger partial charge is 0.0714 e. The molecule has 0 saturated carbocycles. The SMILES string of the molecule is c1ccc(-c2ccccc2N(c2ccc3c(c2)C(c2ccccc2)(c2ccccc2)c2ccccc2-3)c2ccc3c(c2)c2c(-c4ccccc4)cccc2n3-c2ccccc2)cc1. The molecular weight excluding hydrogens is 761 g/mol. The Bertz CT molecular complexity index is 3390. The van der Waals surface area contributed by atoms with Crippen molar-refractivity contribution in [1.82, 2.24) is 4.57 Å². The van der Waals surface area contributed by atoms with Gasteiger partial charge in [-0.25, -0.2) is 0 Å². The summed E-state index contributed by atoms with van der Waals surface area (Å²) in [5.41, 5.74) is 18.6. The molecule has 2 heteroatoms. The number of rotatable bonds is 8. The maximum Gasteiger partial charge on any atom is 0.0714 e. The molecule has 0 fully saturated rings. The fourth-order valence-corrected chi connectivity index (χ4v) is 10.4. The lowest BCUT2D eigenvalue weighted by Gasteiger charge is -2.35. The summed E-state index contributed by atoms with van der Waals surface area (Å²) in [5, 5.41) is 2.43. The molecule has 12 rings (SSSR count). The fourth-order valence-electron chi connectivity index (χ4n) is 10.4. The third-order valence-electron chi connectivity index (χ3n) is 13.1. The number of nitrogens with zero attached hydrogens (tertiary/aromatic N) is 2. The van der Waals surface area contributed by atoms with Gasteiger partial charge < -0.3 is 9.47 Å². The van der Waals surface area contributed by atoms with Crippen LogP contribution in [0, 0.1) is 0 Å². The van der Waals surface area contributed by atoms with E-state index in [1.165, 1.54) is 66.4 Å². The van der Waals surface area contributed by atoms with Crippen molar-refractivity contribution in [3.8, 4) is 39.1 Å². The van der Waals surface area contributed by atoms with Crippen LogP contribution in [0.25, 0.3) is 60.9 Å². The van der Waals surface area contributed by atoms with Crippen LogP contribution in [0.5, 0.6) is 0 Å². The first kappa shape index (κ1) is 36.6. The highest BCUT2D eigenvalue weighted by molar-refractivity contribution is 6.17. The molecule has 1 aliphatic rings. The average Bonchev–Trinajstić information content (AvgIpc) is 3.86. The fraction of sp³-hybridized carbons (Fsp3) is 0.0164. The van der Waals surface area contributed by atoms with Gasteiger partial charge in [-0.3, -0.25) is 0 Å². The van der Waals surface area contributed by atoms with Crippen LogP contribution in [-0.2, 0) is 5.41 Å². The van der Waals surface area contributed by atoms with E-state index in [-0.39, 0.29) is 0 Å². The van der Waals surface area contributed by atoms with E-state index in [9.17, 15) is 0 Å². The number of para-hydroxylation sites is 2. The number of anilines is 3. The Labute approximate surface area is 368 Å². The summed E-state index contributed by atoms with van der Waals surface area (Å²) in [7, 11) is 0. The van der Waals surface area contributed by atoms with Crippen molar-refractivity contribution in [3.05, 3.63) is 277 Å². The van der Waals surface area contributed by atoms with Crippen molar-refractivity contribution in [2.45, 2.75) is 5.41 Å². The lowest BCUT2D eigenvalue weighted by molar-refractivity contribution is 0.768. The molecule has 1 heterocycles. The van der Waals surface area contributed by atoms with Crippen LogP contribution < -0.4 is 4.90 Å². The van der Waals surface area contributed by atoms with E-state index >= 15 is 0 Å². The Morgan fingerprint density at radius 2 is 0.841 bits per heavy atom. The number of benzene rings is 10. The Balaban J connectivity index is 1.17. The van der Waals surface area contributed by atoms with Gasteiger partial charge >= 0.3 is 0 Å². The van der Waals surface area contributed by atoms with Crippen molar-refractivity contribution in [2.75, 3.05) is 4.90 Å². The third kappa shape index (κ3) is 5.80. The minimum Gasteiger partial charge on any atom is -0.310 e. The number of hydrogen-bond acceptors (Lipinski definition) is 1. The van der Waals surface area contributed by atoms with E-state index in [0.717, 1.165) is 33.8 Å². The number of aromatic nitrogens is 1. The zero-order chi connectivity index (χ0) is 41.7. The normalized spacial score (nSPS) is 12.6. The van der Waals surface area contributed by atoms with E-state index in [4.69, 9.17) is 0 Å². The van der Waals surface area contributed by atoms with Crippen LogP contribution in [0.3, 0.4) is 0 Å². The molecule has 1 aromatic heterocycles. The van der Waals surface area contributed by atoms with E-state index in [1.54, 1.807) is 0 Å². The molecule has 0 aliphatic heterocycles. The van der Waals surface area contributed by atoms with E-state index in [0.29, 0.717) is 0 Å². The highest BCUT2D eigenvalue weighted by atomic mass is 15.1. The highest BCUT2D eigenvalue weighted by Crippen LogP contribution is 2.57. The monoisotopic (exact) mass is 802 g/mol. The zero-order valence-electron chi connectivity index (χ0n) is 34.6. The number of fused-ring (bicyclic) bond motifs is 6. The van der Waals surface area contributed by atoms with Crippen LogP contribution in [-0.4, -0.2) is 4.57 Å². The first-order chi connectivity index (χ1) is 31.3. The third-order valence-corrected chi connectivity index (χ3v) is 13.1. The second-order valence-electron chi connectivity index (χ2n) is 16.4. The molecule has 11 aromatic rings. The molecule has 0 radical (unpaired) electrons. The summed E-state index contributed by atoms with van der Waals surface area (Å²) in [5.74, 6) is 0. The maximum atomic E-state index is 2.49. The molecule has 1 aliphatic carbocycles. The largest absolute Gasteiger partial charge is 0.310 e. The van der Waals surface area contributed by atoms with E-state index in [1.807, 2.05) is 0 Å². The summed E-state index contributed by atoms with van der Waals surface area (Å²) in [6, 6.07) is 93.3. The standard InChI is InChI=1S/C61H42N2/c1-6-21-43(22-7-1)50-31-17-19-35-57(50)62(48-38-40-58-54(41-48)60-51(44-23-8-2-9-24-44)33-20-36-59(60)63(58)47-29-14-5-15-30-47)49-37-39-53-52-32-16-18-34-55(52)61(56(53)42-49,45-25-10-3-11-26-45)46-27-12-4-13-28-46/h1-42H. The van der Waals surface area contributed by atoms with Gasteiger partial charge in [0.15, 0.2) is 0 Å². The lowest BCUT2D eigenvalue weighted by atomic mass is 9.67. The van der Waals surface area contributed by atoms with Gasteiger partial charge in [0.1, 0.15) is 0 Å². The van der Waals surface area contributed by atoms with Gasteiger partial charge in [-0.2, -0.15) is 0 Å². The molecular formula is C61H42N2. The van der Waals surface area contributed by atoms with Gasteiger partial charge in [0.2, 0.25) is 0 Å². The molecule has 2 nitrogen and oxygen atoms in total. The minimum atomic E-state index is -0.535. The maximum absolute atomic E-state index is 2.49. The highest BCUT2D eigenvalue weighted by Gasteiger charge is 2.46. The summed E-state index contributed by atoms with van der Waals surface area (Å²) in [6.45, 7) is 0. The Morgan fingerprint density at radius 1 is 0.333 bits per heavy atom. The second kappa shape index (κ2) is 15.1. The van der Waals surface area contributed by atoms with E-state index in [2.05, 4.69) is 264 Å². The summed E-state index contributed by atoms with van der Waals surface area (Å²) >= 11 is 0. The van der Waals surface area contributed by atoms with Gasteiger partial charge in [0.25, 0.3) is 0 Å². The molecule has 0 atom stereocenters. The predicted molar refractivity (Wildman–Crippen MR) is 264 cm³/mol. The van der Waals surface area contributed by atoms with Crippen LogP contribution in [0.15, 0.2) is 255 Å². The molecule has 10 aromatic carbocycles. The van der Waals surface area contributed by atoms with Crippen LogP contribution in [0.1, 0.15) is 22.3 Å². The van der Waals surface area contributed by atoms with Crippen LogP contribution in [0.4, 0.5) is 17.1 Å². The molecule has 0 spiro atoms. The molecule has 0 saturated heterocycles.